The van der Waals surface area contributed by atoms with Crippen LogP contribution >= 0.6 is 11.6 Å². The van der Waals surface area contributed by atoms with Crippen molar-refractivity contribution in [1.29, 1.82) is 0 Å². The summed E-state index contributed by atoms with van der Waals surface area (Å²) in [5.41, 5.74) is 7.93. The maximum absolute atomic E-state index is 11.3. The number of aromatic nitrogens is 4. The first-order chi connectivity index (χ1) is 14.2. The molecule has 7 nitrogen and oxygen atoms in total. The Kier molecular flexibility index (Phi) is 5.40. The summed E-state index contributed by atoms with van der Waals surface area (Å²) < 4.78 is 2.05. The van der Waals surface area contributed by atoms with Crippen molar-refractivity contribution in [2.24, 2.45) is 11.7 Å². The number of amides is 1. The molecule has 2 N–H and O–H groups in total. The molecule has 1 amide bonds. The summed E-state index contributed by atoms with van der Waals surface area (Å²) in [6.45, 7) is 8.56. The summed E-state index contributed by atoms with van der Waals surface area (Å²) in [6, 6.07) is 7.80. The molecule has 0 saturated carbocycles. The van der Waals surface area contributed by atoms with Gasteiger partial charge in [0.15, 0.2) is 17.0 Å². The average Bonchev–Trinajstić information content (AvgIpc) is 3.29. The first-order valence-corrected chi connectivity index (χ1v) is 10.6. The molecule has 3 heterocycles. The maximum Gasteiger partial charge on any atom is 0.217 e. The van der Waals surface area contributed by atoms with Crippen molar-refractivity contribution in [3.05, 3.63) is 47.0 Å². The fraction of sp³-hybridized carbons (Fsp3) is 0.455. The quantitative estimate of drug-likeness (QED) is 0.674. The van der Waals surface area contributed by atoms with E-state index >= 15 is 0 Å². The van der Waals surface area contributed by atoms with Crippen LogP contribution in [0.1, 0.15) is 45.0 Å². The Labute approximate surface area is 181 Å². The summed E-state index contributed by atoms with van der Waals surface area (Å²) in [6.07, 6.45) is 3.15. The molecule has 8 heteroatoms. The van der Waals surface area contributed by atoms with E-state index in [0.29, 0.717) is 18.0 Å². The molecule has 30 heavy (non-hydrogen) atoms. The number of halogens is 1. The van der Waals surface area contributed by atoms with Gasteiger partial charge < -0.3 is 15.2 Å². The van der Waals surface area contributed by atoms with Crippen LogP contribution in [0.15, 0.2) is 30.6 Å². The van der Waals surface area contributed by atoms with E-state index in [1.54, 1.807) is 0 Å². The highest BCUT2D eigenvalue weighted by molar-refractivity contribution is 6.30. The monoisotopic (exact) mass is 426 g/mol. The Morgan fingerprint density at radius 3 is 2.63 bits per heavy atom. The van der Waals surface area contributed by atoms with E-state index in [-0.39, 0.29) is 17.2 Å². The summed E-state index contributed by atoms with van der Waals surface area (Å²) in [7, 11) is 0. The molecule has 158 valence electrons. The van der Waals surface area contributed by atoms with Crippen molar-refractivity contribution in [2.45, 2.75) is 45.6 Å². The Hall–Kier alpha value is -2.67. The van der Waals surface area contributed by atoms with Crippen molar-refractivity contribution in [3.8, 4) is 0 Å². The number of imidazole rings is 1. The average molecular weight is 427 g/mol. The summed E-state index contributed by atoms with van der Waals surface area (Å²) in [5.74, 6) is 1.62. The molecule has 0 radical (unpaired) electrons. The summed E-state index contributed by atoms with van der Waals surface area (Å²) in [4.78, 5) is 28.0. The molecule has 1 atom stereocenters. The molecule has 1 aromatic carbocycles. The van der Waals surface area contributed by atoms with Crippen molar-refractivity contribution >= 4 is 34.5 Å². The number of hydrogen-bond acceptors (Lipinski definition) is 5. The van der Waals surface area contributed by atoms with Crippen LogP contribution < -0.4 is 10.6 Å². The Morgan fingerprint density at radius 2 is 1.97 bits per heavy atom. The van der Waals surface area contributed by atoms with Crippen molar-refractivity contribution < 1.29 is 4.79 Å². The number of anilines is 1. The van der Waals surface area contributed by atoms with Crippen LogP contribution in [-0.4, -0.2) is 38.5 Å². The van der Waals surface area contributed by atoms with Crippen molar-refractivity contribution in [3.63, 3.8) is 0 Å². The van der Waals surface area contributed by atoms with E-state index in [1.165, 1.54) is 0 Å². The second-order valence-electron chi connectivity index (χ2n) is 9.06. The van der Waals surface area contributed by atoms with Gasteiger partial charge in [0.2, 0.25) is 5.91 Å². The third-order valence-corrected chi connectivity index (χ3v) is 5.71. The van der Waals surface area contributed by atoms with Crippen LogP contribution in [0.25, 0.3) is 11.2 Å². The second kappa shape index (κ2) is 7.87. The van der Waals surface area contributed by atoms with Crippen LogP contribution in [0.5, 0.6) is 0 Å². The van der Waals surface area contributed by atoms with Crippen LogP contribution in [0, 0.1) is 5.92 Å². The zero-order valence-electron chi connectivity index (χ0n) is 17.6. The molecule has 1 saturated heterocycles. The van der Waals surface area contributed by atoms with Gasteiger partial charge in [0, 0.05) is 29.9 Å². The molecular weight excluding hydrogens is 400 g/mol. The molecule has 3 aromatic rings. The zero-order chi connectivity index (χ0) is 21.5. The lowest BCUT2D eigenvalue weighted by atomic mass is 9.96. The third-order valence-electron chi connectivity index (χ3n) is 5.46. The SMILES string of the molecule is CC(C)(C)c1nc(N2CC[C@@H](CC(N)=O)C2)c2ncn(Cc3ccc(Cl)cc3)c2n1. The molecule has 1 fully saturated rings. The number of hydrogen-bond donors (Lipinski definition) is 1. The molecule has 1 aliphatic rings. The Morgan fingerprint density at radius 1 is 1.23 bits per heavy atom. The van der Waals surface area contributed by atoms with E-state index in [9.17, 15) is 4.79 Å². The van der Waals surface area contributed by atoms with Gasteiger partial charge in [-0.05, 0) is 30.0 Å². The summed E-state index contributed by atoms with van der Waals surface area (Å²) >= 11 is 6.02. The lowest BCUT2D eigenvalue weighted by Crippen LogP contribution is -2.25. The van der Waals surface area contributed by atoms with Crippen molar-refractivity contribution in [1.82, 2.24) is 19.5 Å². The molecule has 0 bridgehead atoms. The van der Waals surface area contributed by atoms with Gasteiger partial charge in [0.1, 0.15) is 5.82 Å². The molecule has 0 spiro atoms. The van der Waals surface area contributed by atoms with E-state index in [2.05, 4.69) is 35.2 Å². The van der Waals surface area contributed by atoms with Gasteiger partial charge in [-0.2, -0.15) is 0 Å². The minimum Gasteiger partial charge on any atom is -0.370 e. The smallest absolute Gasteiger partial charge is 0.217 e. The van der Waals surface area contributed by atoms with Gasteiger partial charge in [-0.1, -0.05) is 44.5 Å². The number of primary amides is 1. The van der Waals surface area contributed by atoms with E-state index in [0.717, 1.165) is 47.9 Å². The summed E-state index contributed by atoms with van der Waals surface area (Å²) in [5, 5.41) is 0.716. The first-order valence-electron chi connectivity index (χ1n) is 10.2. The largest absolute Gasteiger partial charge is 0.370 e. The number of carbonyl (C=O) groups excluding carboxylic acids is 1. The highest BCUT2D eigenvalue weighted by atomic mass is 35.5. The maximum atomic E-state index is 11.3. The zero-order valence-corrected chi connectivity index (χ0v) is 18.4. The number of carbonyl (C=O) groups is 1. The molecule has 4 rings (SSSR count). The molecule has 2 aromatic heterocycles. The second-order valence-corrected chi connectivity index (χ2v) is 9.50. The Balaban J connectivity index is 1.74. The van der Waals surface area contributed by atoms with Gasteiger partial charge in [-0.25, -0.2) is 15.0 Å². The number of rotatable bonds is 5. The van der Waals surface area contributed by atoms with Gasteiger partial charge in [0.05, 0.1) is 12.9 Å². The van der Waals surface area contributed by atoms with Gasteiger partial charge in [-0.3, -0.25) is 4.79 Å². The van der Waals surface area contributed by atoms with Crippen LogP contribution in [-0.2, 0) is 16.8 Å². The number of nitrogens with two attached hydrogens (primary N) is 1. The molecule has 0 aliphatic carbocycles. The van der Waals surface area contributed by atoms with E-state index in [1.807, 2.05) is 30.6 Å². The highest BCUT2D eigenvalue weighted by Crippen LogP contribution is 2.32. The fourth-order valence-corrected chi connectivity index (χ4v) is 3.99. The predicted molar refractivity (Wildman–Crippen MR) is 119 cm³/mol. The first kappa shape index (κ1) is 20.6. The van der Waals surface area contributed by atoms with Gasteiger partial charge >= 0.3 is 0 Å². The van der Waals surface area contributed by atoms with Crippen LogP contribution in [0.4, 0.5) is 5.82 Å². The lowest BCUT2D eigenvalue weighted by molar-refractivity contribution is -0.118. The number of benzene rings is 1. The van der Waals surface area contributed by atoms with Gasteiger partial charge in [-0.15, -0.1) is 0 Å². The van der Waals surface area contributed by atoms with Crippen LogP contribution in [0.2, 0.25) is 5.02 Å². The molecule has 1 aliphatic heterocycles. The topological polar surface area (TPSA) is 89.9 Å². The predicted octanol–water partition coefficient (Wildman–Crippen LogP) is 3.53. The number of nitrogens with zero attached hydrogens (tertiary/aromatic N) is 5. The molecular formula is C22H27ClN6O. The minimum atomic E-state index is -0.252. The van der Waals surface area contributed by atoms with Gasteiger partial charge in [0.25, 0.3) is 0 Å². The third kappa shape index (κ3) is 4.26. The molecule has 0 unspecified atom stereocenters. The minimum absolute atomic E-state index is 0.204. The van der Waals surface area contributed by atoms with Crippen LogP contribution in [0.3, 0.4) is 0 Å². The van der Waals surface area contributed by atoms with E-state index in [4.69, 9.17) is 27.3 Å². The fourth-order valence-electron chi connectivity index (χ4n) is 3.86. The lowest BCUT2D eigenvalue weighted by Gasteiger charge is -2.22. The number of fused-ring (bicyclic) bond motifs is 1. The Bertz CT molecular complexity index is 1070. The van der Waals surface area contributed by atoms with Crippen molar-refractivity contribution in [2.75, 3.05) is 18.0 Å². The highest BCUT2D eigenvalue weighted by Gasteiger charge is 2.29. The van der Waals surface area contributed by atoms with E-state index < -0.39 is 0 Å². The standard InChI is InChI=1S/C22H27ClN6O/c1-22(2,3)21-26-19(28-9-8-15(12-28)10-17(24)30)18-20(27-21)29(13-25-18)11-14-4-6-16(23)7-5-14/h4-7,13,15H,8-12H2,1-3H3,(H2,24,30)/t15-/m0/s1. The normalized spacial score (nSPS) is 17.1.